The number of rotatable bonds is 3. The molecule has 0 aliphatic carbocycles. The van der Waals surface area contributed by atoms with Gasteiger partial charge in [0.05, 0.1) is 5.52 Å². The molecule has 0 radical (unpaired) electrons. The van der Waals surface area contributed by atoms with Crippen LogP contribution in [0.15, 0.2) is 60.7 Å². The summed E-state index contributed by atoms with van der Waals surface area (Å²) in [4.78, 5) is 4.68. The zero-order chi connectivity index (χ0) is 13.9. The van der Waals surface area contributed by atoms with Crippen LogP contribution in [0.3, 0.4) is 0 Å². The van der Waals surface area contributed by atoms with Crippen molar-refractivity contribution in [1.82, 2.24) is 4.98 Å². The molecule has 3 rings (SSSR count). The van der Waals surface area contributed by atoms with E-state index < -0.39 is 0 Å². The van der Waals surface area contributed by atoms with Crippen molar-refractivity contribution in [3.63, 3.8) is 0 Å². The molecule has 0 aliphatic heterocycles. The van der Waals surface area contributed by atoms with Crippen LogP contribution < -0.4 is 5.73 Å². The number of hydrogen-bond donors (Lipinski definition) is 1. The normalized spacial score (nSPS) is 12.5. The monoisotopic (exact) mass is 374 g/mol. The number of hydrogen-bond acceptors (Lipinski definition) is 2. The van der Waals surface area contributed by atoms with Crippen LogP contribution in [0.5, 0.6) is 0 Å². The molecular formula is C17H15IN2. The summed E-state index contributed by atoms with van der Waals surface area (Å²) in [5.74, 6) is 0. The predicted octanol–water partition coefficient (Wildman–Crippen LogP) is 4.08. The van der Waals surface area contributed by atoms with E-state index in [1.54, 1.807) is 0 Å². The first-order chi connectivity index (χ1) is 9.72. The Morgan fingerprint density at radius 2 is 1.85 bits per heavy atom. The second kappa shape index (κ2) is 5.89. The SMILES string of the molecule is NC(Cc1ccc2ccccc2n1)c1cccc(I)c1. The maximum atomic E-state index is 6.30. The van der Waals surface area contributed by atoms with Gasteiger partial charge >= 0.3 is 0 Å². The standard InChI is InChI=1S/C17H15IN2/c18-14-6-3-5-13(10-14)16(19)11-15-9-8-12-4-1-2-7-17(12)20-15/h1-10,16H,11,19H2. The molecule has 2 N–H and O–H groups in total. The van der Waals surface area contributed by atoms with Crippen molar-refractivity contribution in [2.24, 2.45) is 5.73 Å². The van der Waals surface area contributed by atoms with Crippen LogP contribution in [0, 0.1) is 3.57 Å². The summed E-state index contributed by atoms with van der Waals surface area (Å²) >= 11 is 2.31. The molecule has 2 aromatic carbocycles. The van der Waals surface area contributed by atoms with Crippen molar-refractivity contribution in [2.75, 3.05) is 0 Å². The van der Waals surface area contributed by atoms with Crippen LogP contribution in [0.2, 0.25) is 0 Å². The molecule has 100 valence electrons. The Hall–Kier alpha value is -1.46. The lowest BCUT2D eigenvalue weighted by molar-refractivity contribution is 0.708. The van der Waals surface area contributed by atoms with Crippen molar-refractivity contribution >= 4 is 33.5 Å². The van der Waals surface area contributed by atoms with Crippen LogP contribution in [0.1, 0.15) is 17.3 Å². The summed E-state index contributed by atoms with van der Waals surface area (Å²) < 4.78 is 1.21. The highest BCUT2D eigenvalue weighted by atomic mass is 127. The van der Waals surface area contributed by atoms with E-state index in [1.807, 2.05) is 24.3 Å². The van der Waals surface area contributed by atoms with Gasteiger partial charge in [0.25, 0.3) is 0 Å². The van der Waals surface area contributed by atoms with Gasteiger partial charge in [-0.1, -0.05) is 36.4 Å². The van der Waals surface area contributed by atoms with E-state index in [4.69, 9.17) is 5.73 Å². The lowest BCUT2D eigenvalue weighted by Gasteiger charge is -2.12. The molecule has 1 atom stereocenters. The minimum atomic E-state index is -0.0154. The third-order valence-electron chi connectivity index (χ3n) is 3.36. The quantitative estimate of drug-likeness (QED) is 0.702. The van der Waals surface area contributed by atoms with Gasteiger partial charge in [0.2, 0.25) is 0 Å². The van der Waals surface area contributed by atoms with Crippen molar-refractivity contribution in [3.8, 4) is 0 Å². The Morgan fingerprint density at radius 3 is 2.70 bits per heavy atom. The second-order valence-electron chi connectivity index (χ2n) is 4.86. The molecule has 20 heavy (non-hydrogen) atoms. The van der Waals surface area contributed by atoms with Crippen LogP contribution in [-0.4, -0.2) is 4.98 Å². The lowest BCUT2D eigenvalue weighted by atomic mass is 10.0. The number of nitrogens with zero attached hydrogens (tertiary/aromatic N) is 1. The maximum Gasteiger partial charge on any atom is 0.0705 e. The van der Waals surface area contributed by atoms with Crippen LogP contribution in [0.25, 0.3) is 10.9 Å². The Labute approximate surface area is 132 Å². The fourth-order valence-corrected chi connectivity index (χ4v) is 2.87. The lowest BCUT2D eigenvalue weighted by Crippen LogP contribution is -2.14. The van der Waals surface area contributed by atoms with Gasteiger partial charge in [-0.25, -0.2) is 0 Å². The van der Waals surface area contributed by atoms with E-state index >= 15 is 0 Å². The summed E-state index contributed by atoms with van der Waals surface area (Å²) in [6, 6.07) is 20.6. The minimum absolute atomic E-state index is 0.0154. The molecule has 3 heteroatoms. The molecule has 0 amide bonds. The first kappa shape index (κ1) is 13.5. The molecule has 1 heterocycles. The first-order valence-corrected chi connectivity index (χ1v) is 7.66. The molecule has 1 unspecified atom stereocenters. The van der Waals surface area contributed by atoms with Gasteiger partial charge in [-0.15, -0.1) is 0 Å². The number of aromatic nitrogens is 1. The van der Waals surface area contributed by atoms with Crippen LogP contribution >= 0.6 is 22.6 Å². The summed E-state index contributed by atoms with van der Waals surface area (Å²) in [5.41, 5.74) is 9.52. The highest BCUT2D eigenvalue weighted by Crippen LogP contribution is 2.19. The molecule has 0 aliphatic rings. The van der Waals surface area contributed by atoms with Gasteiger partial charge in [-0.2, -0.15) is 0 Å². The van der Waals surface area contributed by atoms with Crippen molar-refractivity contribution in [1.29, 1.82) is 0 Å². The maximum absolute atomic E-state index is 6.30. The number of nitrogens with two attached hydrogens (primary N) is 1. The largest absolute Gasteiger partial charge is 0.324 e. The molecule has 2 nitrogen and oxygen atoms in total. The van der Waals surface area contributed by atoms with Crippen molar-refractivity contribution in [3.05, 3.63) is 75.5 Å². The highest BCUT2D eigenvalue weighted by molar-refractivity contribution is 14.1. The summed E-state index contributed by atoms with van der Waals surface area (Å²) in [6.45, 7) is 0. The topological polar surface area (TPSA) is 38.9 Å². The number of pyridine rings is 1. The summed E-state index contributed by atoms with van der Waals surface area (Å²) in [6.07, 6.45) is 0.755. The second-order valence-corrected chi connectivity index (χ2v) is 6.11. The number of halogens is 1. The molecule has 0 fully saturated rings. The fraction of sp³-hybridized carbons (Fsp3) is 0.118. The average Bonchev–Trinajstić information content (AvgIpc) is 2.47. The molecule has 3 aromatic rings. The number of benzene rings is 2. The molecule has 0 bridgehead atoms. The smallest absolute Gasteiger partial charge is 0.0705 e. The van der Waals surface area contributed by atoms with Gasteiger partial charge in [0.1, 0.15) is 0 Å². The predicted molar refractivity (Wildman–Crippen MR) is 91.5 cm³/mol. The van der Waals surface area contributed by atoms with Crippen molar-refractivity contribution < 1.29 is 0 Å². The zero-order valence-corrected chi connectivity index (χ0v) is 13.1. The third-order valence-corrected chi connectivity index (χ3v) is 4.03. The van der Waals surface area contributed by atoms with Crippen molar-refractivity contribution in [2.45, 2.75) is 12.5 Å². The third kappa shape index (κ3) is 2.99. The molecule has 0 spiro atoms. The van der Waals surface area contributed by atoms with Gasteiger partial charge in [-0.05, 0) is 52.4 Å². The van der Waals surface area contributed by atoms with E-state index in [0.717, 1.165) is 23.2 Å². The summed E-state index contributed by atoms with van der Waals surface area (Å²) in [7, 11) is 0. The average molecular weight is 374 g/mol. The van der Waals surface area contributed by atoms with E-state index in [2.05, 4.69) is 64.0 Å². The minimum Gasteiger partial charge on any atom is -0.324 e. The number of fused-ring (bicyclic) bond motifs is 1. The first-order valence-electron chi connectivity index (χ1n) is 6.58. The Morgan fingerprint density at radius 1 is 1.00 bits per heavy atom. The van der Waals surface area contributed by atoms with Crippen LogP contribution in [0.4, 0.5) is 0 Å². The van der Waals surface area contributed by atoms with Crippen LogP contribution in [-0.2, 0) is 6.42 Å². The Kier molecular flexibility index (Phi) is 3.98. The van der Waals surface area contributed by atoms with E-state index in [1.165, 1.54) is 8.96 Å². The van der Waals surface area contributed by atoms with Gasteiger partial charge in [-0.3, -0.25) is 4.98 Å². The Balaban J connectivity index is 1.85. The fourth-order valence-electron chi connectivity index (χ4n) is 2.30. The van der Waals surface area contributed by atoms with E-state index in [9.17, 15) is 0 Å². The highest BCUT2D eigenvalue weighted by Gasteiger charge is 2.08. The van der Waals surface area contributed by atoms with E-state index in [-0.39, 0.29) is 6.04 Å². The molecular weight excluding hydrogens is 359 g/mol. The molecule has 0 saturated heterocycles. The van der Waals surface area contributed by atoms with E-state index in [0.29, 0.717) is 0 Å². The Bertz CT molecular complexity index is 740. The zero-order valence-electron chi connectivity index (χ0n) is 11.0. The van der Waals surface area contributed by atoms with Gasteiger partial charge in [0, 0.05) is 27.1 Å². The number of para-hydroxylation sites is 1. The van der Waals surface area contributed by atoms with Gasteiger partial charge < -0.3 is 5.73 Å². The summed E-state index contributed by atoms with van der Waals surface area (Å²) in [5, 5.41) is 1.17. The molecule has 1 aromatic heterocycles. The van der Waals surface area contributed by atoms with Gasteiger partial charge in [0.15, 0.2) is 0 Å². The molecule has 0 saturated carbocycles.